The third-order valence-electron chi connectivity index (χ3n) is 3.43. The van der Waals surface area contributed by atoms with Gasteiger partial charge >= 0.3 is 0 Å². The summed E-state index contributed by atoms with van der Waals surface area (Å²) in [6.45, 7) is 2.49. The predicted molar refractivity (Wildman–Crippen MR) is 62.3 cm³/mol. The molecule has 0 amide bonds. The molecule has 1 fully saturated rings. The summed E-state index contributed by atoms with van der Waals surface area (Å²) >= 11 is 0. The van der Waals surface area contributed by atoms with E-state index in [4.69, 9.17) is 5.73 Å². The van der Waals surface area contributed by atoms with Crippen molar-refractivity contribution < 1.29 is 4.92 Å². The molecule has 0 bridgehead atoms. The number of nitrogens with zero attached hydrogens (tertiary/aromatic N) is 1. The number of nitro benzene ring substituents is 1. The molecular formula is C12H16N2O2. The van der Waals surface area contributed by atoms with Gasteiger partial charge in [-0.2, -0.15) is 0 Å². The molecule has 1 aromatic carbocycles. The van der Waals surface area contributed by atoms with E-state index in [1.807, 2.05) is 12.1 Å². The Morgan fingerprint density at radius 2 is 2.19 bits per heavy atom. The first-order valence-corrected chi connectivity index (χ1v) is 5.50. The Kier molecular flexibility index (Phi) is 2.68. The molecule has 1 saturated carbocycles. The molecule has 2 rings (SSSR count). The maximum Gasteiger partial charge on any atom is 0.272 e. The van der Waals surface area contributed by atoms with E-state index in [-0.39, 0.29) is 16.0 Å². The van der Waals surface area contributed by atoms with Gasteiger partial charge in [0.2, 0.25) is 0 Å². The summed E-state index contributed by atoms with van der Waals surface area (Å²) in [7, 11) is 0. The van der Waals surface area contributed by atoms with Crippen molar-refractivity contribution in [1.29, 1.82) is 0 Å². The minimum absolute atomic E-state index is 0.196. The molecule has 86 valence electrons. The van der Waals surface area contributed by atoms with E-state index in [0.717, 1.165) is 17.5 Å². The molecule has 1 aliphatic carbocycles. The van der Waals surface area contributed by atoms with Crippen molar-refractivity contribution >= 4 is 5.69 Å². The largest absolute Gasteiger partial charge is 0.330 e. The summed E-state index contributed by atoms with van der Waals surface area (Å²) in [5.74, 6) is 0. The van der Waals surface area contributed by atoms with Gasteiger partial charge in [0, 0.05) is 11.6 Å². The highest BCUT2D eigenvalue weighted by molar-refractivity contribution is 5.42. The van der Waals surface area contributed by atoms with Crippen molar-refractivity contribution in [3.63, 3.8) is 0 Å². The van der Waals surface area contributed by atoms with Crippen molar-refractivity contribution in [2.45, 2.75) is 26.2 Å². The van der Waals surface area contributed by atoms with E-state index in [9.17, 15) is 10.1 Å². The van der Waals surface area contributed by atoms with Gasteiger partial charge in [0.25, 0.3) is 5.69 Å². The molecule has 4 heteroatoms. The summed E-state index contributed by atoms with van der Waals surface area (Å²) in [6, 6.07) is 5.35. The third-order valence-corrected chi connectivity index (χ3v) is 3.43. The van der Waals surface area contributed by atoms with Gasteiger partial charge in [-0.25, -0.2) is 0 Å². The van der Waals surface area contributed by atoms with E-state index in [2.05, 4.69) is 0 Å². The van der Waals surface area contributed by atoms with Gasteiger partial charge < -0.3 is 5.73 Å². The Morgan fingerprint density at radius 3 is 2.62 bits per heavy atom. The van der Waals surface area contributed by atoms with Gasteiger partial charge in [-0.1, -0.05) is 6.07 Å². The molecule has 0 heterocycles. The highest BCUT2D eigenvalue weighted by atomic mass is 16.6. The molecule has 4 nitrogen and oxygen atoms in total. The Hall–Kier alpha value is -1.42. The molecule has 0 aromatic heterocycles. The normalized spacial score (nSPS) is 17.1. The van der Waals surface area contributed by atoms with Gasteiger partial charge in [0.15, 0.2) is 0 Å². The SMILES string of the molecule is Cc1cc(CC2(CN)CC2)ccc1[N+](=O)[O-]. The standard InChI is InChI=1S/C12H16N2O2/c1-9-6-10(2-3-11(9)14(15)16)7-12(8-13)4-5-12/h2-3,6H,4-5,7-8,13H2,1H3. The van der Waals surface area contributed by atoms with E-state index >= 15 is 0 Å². The van der Waals surface area contributed by atoms with Crippen molar-refractivity contribution in [3.8, 4) is 0 Å². The molecule has 0 saturated heterocycles. The number of hydrogen-bond acceptors (Lipinski definition) is 3. The topological polar surface area (TPSA) is 69.2 Å². The molecule has 0 unspecified atom stereocenters. The number of rotatable bonds is 4. The van der Waals surface area contributed by atoms with Crippen LogP contribution < -0.4 is 5.73 Å². The molecule has 0 atom stereocenters. The van der Waals surface area contributed by atoms with Crippen LogP contribution >= 0.6 is 0 Å². The Labute approximate surface area is 94.6 Å². The van der Waals surface area contributed by atoms with Gasteiger partial charge in [0.05, 0.1) is 4.92 Å². The van der Waals surface area contributed by atoms with Crippen LogP contribution in [0.3, 0.4) is 0 Å². The summed E-state index contributed by atoms with van der Waals surface area (Å²) in [6.07, 6.45) is 3.31. The smallest absolute Gasteiger partial charge is 0.272 e. The first-order chi connectivity index (χ1) is 7.56. The zero-order chi connectivity index (χ0) is 11.8. The van der Waals surface area contributed by atoms with Crippen LogP contribution in [0.2, 0.25) is 0 Å². The van der Waals surface area contributed by atoms with Gasteiger partial charge in [-0.05, 0) is 49.8 Å². The minimum Gasteiger partial charge on any atom is -0.330 e. The average molecular weight is 220 g/mol. The van der Waals surface area contributed by atoms with Crippen LogP contribution in [0, 0.1) is 22.5 Å². The molecule has 2 N–H and O–H groups in total. The fourth-order valence-electron chi connectivity index (χ4n) is 2.10. The quantitative estimate of drug-likeness (QED) is 0.624. The Bertz CT molecular complexity index is 425. The first-order valence-electron chi connectivity index (χ1n) is 5.50. The zero-order valence-corrected chi connectivity index (χ0v) is 9.40. The van der Waals surface area contributed by atoms with E-state index in [1.54, 1.807) is 13.0 Å². The molecule has 0 radical (unpaired) electrons. The van der Waals surface area contributed by atoms with E-state index < -0.39 is 0 Å². The zero-order valence-electron chi connectivity index (χ0n) is 9.40. The van der Waals surface area contributed by atoms with Crippen molar-refractivity contribution in [1.82, 2.24) is 0 Å². The number of aryl methyl sites for hydroxylation is 1. The van der Waals surface area contributed by atoms with Crippen LogP contribution in [-0.4, -0.2) is 11.5 Å². The van der Waals surface area contributed by atoms with Crippen molar-refractivity contribution in [3.05, 3.63) is 39.4 Å². The fraction of sp³-hybridized carbons (Fsp3) is 0.500. The third kappa shape index (κ3) is 2.07. The predicted octanol–water partition coefficient (Wildman–Crippen LogP) is 2.18. The summed E-state index contributed by atoms with van der Waals surface area (Å²) in [5.41, 5.74) is 8.09. The summed E-state index contributed by atoms with van der Waals surface area (Å²) < 4.78 is 0. The van der Waals surface area contributed by atoms with Crippen LogP contribution in [0.15, 0.2) is 18.2 Å². The maximum atomic E-state index is 10.7. The summed E-state index contributed by atoms with van der Waals surface area (Å²) in [5, 5.41) is 10.7. The second kappa shape index (κ2) is 3.87. The second-order valence-electron chi connectivity index (χ2n) is 4.76. The van der Waals surface area contributed by atoms with E-state index in [0.29, 0.717) is 6.54 Å². The molecule has 16 heavy (non-hydrogen) atoms. The van der Waals surface area contributed by atoms with Crippen LogP contribution in [0.4, 0.5) is 5.69 Å². The van der Waals surface area contributed by atoms with Crippen molar-refractivity contribution in [2.24, 2.45) is 11.1 Å². The first kappa shape index (κ1) is 11.1. The number of nitrogens with two attached hydrogens (primary N) is 1. The molecule has 0 spiro atoms. The fourth-order valence-corrected chi connectivity index (χ4v) is 2.10. The number of benzene rings is 1. The lowest BCUT2D eigenvalue weighted by Gasteiger charge is -2.12. The molecule has 1 aliphatic rings. The van der Waals surface area contributed by atoms with Gasteiger partial charge in [-0.15, -0.1) is 0 Å². The van der Waals surface area contributed by atoms with Crippen LogP contribution in [0.5, 0.6) is 0 Å². The summed E-state index contributed by atoms with van der Waals surface area (Å²) in [4.78, 5) is 10.3. The lowest BCUT2D eigenvalue weighted by Crippen LogP contribution is -2.17. The second-order valence-corrected chi connectivity index (χ2v) is 4.76. The molecule has 0 aliphatic heterocycles. The number of nitro groups is 1. The number of hydrogen-bond donors (Lipinski definition) is 1. The average Bonchev–Trinajstić information content (AvgIpc) is 2.98. The van der Waals surface area contributed by atoms with Crippen LogP contribution in [0.25, 0.3) is 0 Å². The van der Waals surface area contributed by atoms with E-state index in [1.165, 1.54) is 12.8 Å². The monoisotopic (exact) mass is 220 g/mol. The highest BCUT2D eigenvalue weighted by Crippen LogP contribution is 2.47. The lowest BCUT2D eigenvalue weighted by atomic mass is 9.95. The molecule has 1 aromatic rings. The highest BCUT2D eigenvalue weighted by Gasteiger charge is 2.40. The van der Waals surface area contributed by atoms with Crippen LogP contribution in [-0.2, 0) is 6.42 Å². The Morgan fingerprint density at radius 1 is 1.50 bits per heavy atom. The van der Waals surface area contributed by atoms with Crippen molar-refractivity contribution in [2.75, 3.05) is 6.54 Å². The van der Waals surface area contributed by atoms with Gasteiger partial charge in [-0.3, -0.25) is 10.1 Å². The maximum absolute atomic E-state index is 10.7. The van der Waals surface area contributed by atoms with Gasteiger partial charge in [0.1, 0.15) is 0 Å². The lowest BCUT2D eigenvalue weighted by molar-refractivity contribution is -0.385. The molecular weight excluding hydrogens is 204 g/mol. The minimum atomic E-state index is -0.338. The Balaban J connectivity index is 2.18. The van der Waals surface area contributed by atoms with Crippen LogP contribution in [0.1, 0.15) is 24.0 Å².